The lowest BCUT2D eigenvalue weighted by Gasteiger charge is -2.40. The molecule has 156 valence electrons. The lowest BCUT2D eigenvalue weighted by atomic mass is 10.1. The quantitative estimate of drug-likeness (QED) is 0.779. The fourth-order valence-corrected chi connectivity index (χ4v) is 4.92. The van der Waals surface area contributed by atoms with E-state index in [1.807, 2.05) is 42.2 Å². The Bertz CT molecular complexity index is 769. The summed E-state index contributed by atoms with van der Waals surface area (Å²) in [5.74, 6) is 0.0688. The summed E-state index contributed by atoms with van der Waals surface area (Å²) in [4.78, 5) is 43.9. The molecule has 29 heavy (non-hydrogen) atoms. The van der Waals surface area contributed by atoms with Crippen molar-refractivity contribution in [3.63, 3.8) is 0 Å². The van der Waals surface area contributed by atoms with Gasteiger partial charge in [0, 0.05) is 56.8 Å². The van der Waals surface area contributed by atoms with Crippen molar-refractivity contribution >= 4 is 17.7 Å². The van der Waals surface area contributed by atoms with Crippen LogP contribution in [0.3, 0.4) is 0 Å². The second kappa shape index (κ2) is 8.53. The highest BCUT2D eigenvalue weighted by molar-refractivity contribution is 5.94. The molecule has 0 saturated carbocycles. The predicted octanol–water partition coefficient (Wildman–Crippen LogP) is 1.10. The Morgan fingerprint density at radius 2 is 1.97 bits per heavy atom. The van der Waals surface area contributed by atoms with E-state index in [0.717, 1.165) is 25.9 Å². The minimum atomic E-state index is -0.387. The SMILES string of the molecule is CCC(C(=O)NCC1CN(C(=O)c2ccccc2)C2CCN1C2)N1CCCC1=O. The first-order valence-corrected chi connectivity index (χ1v) is 10.8. The lowest BCUT2D eigenvalue weighted by molar-refractivity contribution is -0.137. The Morgan fingerprint density at radius 1 is 1.17 bits per heavy atom. The summed E-state index contributed by atoms with van der Waals surface area (Å²) in [5.41, 5.74) is 0.717. The van der Waals surface area contributed by atoms with Crippen LogP contribution in [0.15, 0.2) is 30.3 Å². The minimum Gasteiger partial charge on any atom is -0.353 e. The number of amides is 3. The Labute approximate surface area is 172 Å². The molecule has 3 fully saturated rings. The number of benzene rings is 1. The maximum atomic E-state index is 13.0. The summed E-state index contributed by atoms with van der Waals surface area (Å²) in [6.45, 7) is 5.55. The molecule has 1 N–H and O–H groups in total. The Morgan fingerprint density at radius 3 is 2.66 bits per heavy atom. The predicted molar refractivity (Wildman–Crippen MR) is 109 cm³/mol. The van der Waals surface area contributed by atoms with Crippen molar-refractivity contribution in [1.82, 2.24) is 20.0 Å². The summed E-state index contributed by atoms with van der Waals surface area (Å²) in [6, 6.07) is 9.39. The van der Waals surface area contributed by atoms with Crippen molar-refractivity contribution in [2.75, 3.05) is 32.7 Å². The highest BCUT2D eigenvalue weighted by Crippen LogP contribution is 2.26. The molecule has 3 heterocycles. The van der Waals surface area contributed by atoms with E-state index in [0.29, 0.717) is 38.0 Å². The van der Waals surface area contributed by atoms with Crippen molar-refractivity contribution < 1.29 is 14.4 Å². The molecule has 1 aromatic rings. The number of likely N-dealkylation sites (tertiary alicyclic amines) is 1. The molecule has 3 aliphatic heterocycles. The number of nitrogens with zero attached hydrogens (tertiary/aromatic N) is 3. The Kier molecular flexibility index (Phi) is 5.85. The van der Waals surface area contributed by atoms with E-state index in [1.165, 1.54) is 0 Å². The number of carbonyl (C=O) groups excluding carboxylic acids is 3. The third-order valence-electron chi connectivity index (χ3n) is 6.53. The normalized spacial score (nSPS) is 27.2. The first-order valence-electron chi connectivity index (χ1n) is 10.8. The average molecular weight is 399 g/mol. The molecule has 7 heteroatoms. The third kappa shape index (κ3) is 4.01. The van der Waals surface area contributed by atoms with Gasteiger partial charge >= 0.3 is 0 Å². The third-order valence-corrected chi connectivity index (χ3v) is 6.53. The first-order chi connectivity index (χ1) is 14.1. The van der Waals surface area contributed by atoms with Crippen molar-refractivity contribution in [2.45, 2.75) is 50.7 Å². The molecule has 3 aliphatic rings. The lowest BCUT2D eigenvalue weighted by Crippen LogP contribution is -2.58. The molecular formula is C22H30N4O3. The molecule has 7 nitrogen and oxygen atoms in total. The summed E-state index contributed by atoms with van der Waals surface area (Å²) in [5, 5.41) is 3.07. The van der Waals surface area contributed by atoms with Crippen molar-refractivity contribution in [3.05, 3.63) is 35.9 Å². The second-order valence-corrected chi connectivity index (χ2v) is 8.27. The van der Waals surface area contributed by atoms with Gasteiger partial charge in [0.15, 0.2) is 0 Å². The number of rotatable bonds is 6. The summed E-state index contributed by atoms with van der Waals surface area (Å²) >= 11 is 0. The van der Waals surface area contributed by atoms with E-state index in [4.69, 9.17) is 0 Å². The molecule has 3 saturated heterocycles. The van der Waals surface area contributed by atoms with Crippen LogP contribution in [0.25, 0.3) is 0 Å². The molecule has 0 aliphatic carbocycles. The van der Waals surface area contributed by atoms with Crippen LogP contribution >= 0.6 is 0 Å². The van der Waals surface area contributed by atoms with Crippen LogP contribution in [0.5, 0.6) is 0 Å². The molecule has 0 radical (unpaired) electrons. The monoisotopic (exact) mass is 398 g/mol. The largest absolute Gasteiger partial charge is 0.353 e. The van der Waals surface area contributed by atoms with E-state index in [1.54, 1.807) is 4.90 Å². The van der Waals surface area contributed by atoms with Crippen molar-refractivity contribution in [3.8, 4) is 0 Å². The van der Waals surface area contributed by atoms with E-state index in [9.17, 15) is 14.4 Å². The van der Waals surface area contributed by atoms with Gasteiger partial charge in [-0.15, -0.1) is 0 Å². The summed E-state index contributed by atoms with van der Waals surface area (Å²) < 4.78 is 0. The summed E-state index contributed by atoms with van der Waals surface area (Å²) in [7, 11) is 0. The van der Waals surface area contributed by atoms with Gasteiger partial charge in [0.1, 0.15) is 6.04 Å². The first kappa shape index (κ1) is 19.9. The number of hydrogen-bond acceptors (Lipinski definition) is 4. The highest BCUT2D eigenvalue weighted by atomic mass is 16.2. The van der Waals surface area contributed by atoms with Crippen LogP contribution in [0.1, 0.15) is 43.0 Å². The number of fused-ring (bicyclic) bond motifs is 2. The van der Waals surface area contributed by atoms with Gasteiger partial charge in [-0.2, -0.15) is 0 Å². The zero-order valence-electron chi connectivity index (χ0n) is 17.0. The molecule has 3 amide bonds. The van der Waals surface area contributed by atoms with E-state index < -0.39 is 0 Å². The standard InChI is InChI=1S/C22H30N4O3/c1-2-19(25-11-6-9-20(25)27)21(28)23-13-18-15-26(17-10-12-24(18)14-17)22(29)16-7-4-3-5-8-16/h3-5,7-8,17-19H,2,6,9-15H2,1H3,(H,23,28). The molecule has 0 aromatic heterocycles. The molecular weight excluding hydrogens is 368 g/mol. The number of carbonyl (C=O) groups is 3. The molecule has 4 atom stereocenters. The van der Waals surface area contributed by atoms with Gasteiger partial charge in [-0.05, 0) is 31.4 Å². The van der Waals surface area contributed by atoms with Crippen LogP contribution in [0, 0.1) is 0 Å². The second-order valence-electron chi connectivity index (χ2n) is 8.27. The van der Waals surface area contributed by atoms with Crippen LogP contribution in [-0.4, -0.2) is 83.3 Å². The molecule has 4 rings (SSSR count). The van der Waals surface area contributed by atoms with Crippen LogP contribution in [0.4, 0.5) is 0 Å². The van der Waals surface area contributed by atoms with Gasteiger partial charge in [0.25, 0.3) is 5.91 Å². The topological polar surface area (TPSA) is 73.0 Å². The van der Waals surface area contributed by atoms with Crippen LogP contribution in [-0.2, 0) is 9.59 Å². The number of piperazine rings is 1. The van der Waals surface area contributed by atoms with Crippen LogP contribution < -0.4 is 5.32 Å². The van der Waals surface area contributed by atoms with Gasteiger partial charge < -0.3 is 15.1 Å². The van der Waals surface area contributed by atoms with Gasteiger partial charge in [0.2, 0.25) is 11.8 Å². The molecule has 2 bridgehead atoms. The number of hydrogen-bond donors (Lipinski definition) is 1. The van der Waals surface area contributed by atoms with E-state index in [-0.39, 0.29) is 35.8 Å². The zero-order chi connectivity index (χ0) is 20.4. The minimum absolute atomic E-state index is 0.0718. The number of nitrogens with one attached hydrogen (secondary N) is 1. The van der Waals surface area contributed by atoms with Gasteiger partial charge in [-0.25, -0.2) is 0 Å². The highest BCUT2D eigenvalue weighted by Gasteiger charge is 2.41. The Balaban J connectivity index is 1.39. The zero-order valence-corrected chi connectivity index (χ0v) is 17.0. The smallest absolute Gasteiger partial charge is 0.254 e. The van der Waals surface area contributed by atoms with Crippen molar-refractivity contribution in [1.29, 1.82) is 0 Å². The van der Waals surface area contributed by atoms with Crippen molar-refractivity contribution in [2.24, 2.45) is 0 Å². The fraction of sp³-hybridized carbons (Fsp3) is 0.591. The van der Waals surface area contributed by atoms with Gasteiger partial charge in [0.05, 0.1) is 0 Å². The molecule has 1 aromatic carbocycles. The Hall–Kier alpha value is -2.41. The average Bonchev–Trinajstić information content (AvgIpc) is 3.35. The molecule has 4 unspecified atom stereocenters. The van der Waals surface area contributed by atoms with Gasteiger partial charge in [-0.3, -0.25) is 19.3 Å². The maximum absolute atomic E-state index is 13.0. The molecule has 0 spiro atoms. The maximum Gasteiger partial charge on any atom is 0.254 e. The van der Waals surface area contributed by atoms with Crippen LogP contribution in [0.2, 0.25) is 0 Å². The van der Waals surface area contributed by atoms with Gasteiger partial charge in [-0.1, -0.05) is 25.1 Å². The summed E-state index contributed by atoms with van der Waals surface area (Å²) in [6.07, 6.45) is 2.96. The van der Waals surface area contributed by atoms with E-state index in [2.05, 4.69) is 10.2 Å². The van der Waals surface area contributed by atoms with E-state index >= 15 is 0 Å². The fourth-order valence-electron chi connectivity index (χ4n) is 4.92.